The van der Waals surface area contributed by atoms with Crippen LogP contribution in [0.5, 0.6) is 0 Å². The third-order valence-electron chi connectivity index (χ3n) is 7.18. The van der Waals surface area contributed by atoms with Crippen molar-refractivity contribution in [2.24, 2.45) is 5.92 Å². The first kappa shape index (κ1) is 25.2. The first-order chi connectivity index (χ1) is 15.9. The van der Waals surface area contributed by atoms with Crippen LogP contribution in [0.4, 0.5) is 0 Å². The maximum Gasteiger partial charge on any atom is 0.333 e. The Morgan fingerprint density at radius 2 is 1.82 bits per heavy atom. The zero-order valence-electron chi connectivity index (χ0n) is 20.7. The number of aliphatic hydroxyl groups is 1. The second-order valence-corrected chi connectivity index (χ2v) is 9.79. The number of hydrogen-bond donors (Lipinski definition) is 1. The third kappa shape index (κ3) is 6.80. The zero-order chi connectivity index (χ0) is 23.8. The number of unbranched alkanes of at least 4 members (excludes halogenated alkanes) is 2. The zero-order valence-corrected chi connectivity index (χ0v) is 20.7. The van der Waals surface area contributed by atoms with Crippen molar-refractivity contribution in [2.75, 3.05) is 0 Å². The summed E-state index contributed by atoms with van der Waals surface area (Å²) in [6.45, 7) is 9.77. The molecule has 0 amide bonds. The number of ether oxygens (including phenoxy) is 1. The number of carbonyl (C=O) groups is 1. The van der Waals surface area contributed by atoms with E-state index in [1.165, 1.54) is 68.1 Å². The molecule has 1 aliphatic carbocycles. The molecule has 178 valence electrons. The second-order valence-electron chi connectivity index (χ2n) is 9.79. The minimum absolute atomic E-state index is 0.0841. The fourth-order valence-electron chi connectivity index (χ4n) is 5.08. The molecule has 0 heterocycles. The number of aryl methyl sites for hydroxylation is 1. The van der Waals surface area contributed by atoms with Crippen LogP contribution >= 0.6 is 0 Å². The number of hydrogen-bond acceptors (Lipinski definition) is 3. The molecule has 33 heavy (non-hydrogen) atoms. The number of rotatable bonds is 10. The fraction of sp³-hybridized carbons (Fsp3) is 0.500. The summed E-state index contributed by atoms with van der Waals surface area (Å²) in [7, 11) is 0. The van der Waals surface area contributed by atoms with E-state index in [2.05, 4.69) is 38.6 Å². The van der Waals surface area contributed by atoms with Crippen LogP contribution < -0.4 is 0 Å². The summed E-state index contributed by atoms with van der Waals surface area (Å²) in [6.07, 6.45) is 10.8. The average Bonchev–Trinajstić information content (AvgIpc) is 2.82. The normalized spacial score (nSPS) is 18.2. The van der Waals surface area contributed by atoms with Crippen molar-refractivity contribution in [2.45, 2.75) is 91.3 Å². The summed E-state index contributed by atoms with van der Waals surface area (Å²) in [6, 6.07) is 12.9. The highest BCUT2D eigenvalue weighted by molar-refractivity contribution is 5.86. The molecule has 0 aromatic heterocycles. The molecule has 0 atom stereocenters. The quantitative estimate of drug-likeness (QED) is 0.231. The molecule has 0 aliphatic heterocycles. The Kier molecular flexibility index (Phi) is 9.31. The molecule has 2 aromatic rings. The molecule has 1 saturated carbocycles. The first-order valence-corrected chi connectivity index (χ1v) is 12.6. The minimum Gasteiger partial charge on any atom is -0.457 e. The van der Waals surface area contributed by atoms with Gasteiger partial charge in [0.05, 0.1) is 6.61 Å². The van der Waals surface area contributed by atoms with Crippen LogP contribution in [0.3, 0.4) is 0 Å². The van der Waals surface area contributed by atoms with E-state index < -0.39 is 5.97 Å². The van der Waals surface area contributed by atoms with Crippen LogP contribution in [0, 0.1) is 12.8 Å². The van der Waals surface area contributed by atoms with Gasteiger partial charge in [0.15, 0.2) is 0 Å². The summed E-state index contributed by atoms with van der Waals surface area (Å²) in [5.41, 5.74) is 6.97. The number of aliphatic hydroxyl groups excluding tert-OH is 1. The Labute approximate surface area is 199 Å². The predicted octanol–water partition coefficient (Wildman–Crippen LogP) is 7.63. The lowest BCUT2D eigenvalue weighted by molar-refractivity contribution is -0.140. The monoisotopic (exact) mass is 448 g/mol. The van der Waals surface area contributed by atoms with Gasteiger partial charge in [0.25, 0.3) is 0 Å². The molecular weight excluding hydrogens is 408 g/mol. The summed E-state index contributed by atoms with van der Waals surface area (Å²) < 4.78 is 5.34. The van der Waals surface area contributed by atoms with Crippen molar-refractivity contribution in [1.29, 1.82) is 0 Å². The van der Waals surface area contributed by atoms with E-state index in [4.69, 9.17) is 4.74 Å². The molecule has 3 rings (SSSR count). The van der Waals surface area contributed by atoms with Crippen molar-refractivity contribution < 1.29 is 14.6 Å². The summed E-state index contributed by atoms with van der Waals surface area (Å²) in [5.74, 6) is 1.19. The van der Waals surface area contributed by atoms with E-state index >= 15 is 0 Å². The van der Waals surface area contributed by atoms with Gasteiger partial charge in [0.2, 0.25) is 0 Å². The fourth-order valence-corrected chi connectivity index (χ4v) is 5.08. The van der Waals surface area contributed by atoms with E-state index in [-0.39, 0.29) is 13.2 Å². The highest BCUT2D eigenvalue weighted by Gasteiger charge is 2.22. The molecule has 3 heteroatoms. The molecule has 3 nitrogen and oxygen atoms in total. The van der Waals surface area contributed by atoms with Gasteiger partial charge in [-0.3, -0.25) is 0 Å². The Bertz CT molecular complexity index is 951. The van der Waals surface area contributed by atoms with Gasteiger partial charge in [0.1, 0.15) is 6.61 Å². The predicted molar refractivity (Wildman–Crippen MR) is 136 cm³/mol. The lowest BCUT2D eigenvalue weighted by Gasteiger charge is -2.29. The van der Waals surface area contributed by atoms with Crippen LogP contribution in [0.25, 0.3) is 11.1 Å². The number of benzene rings is 2. The lowest BCUT2D eigenvalue weighted by atomic mass is 9.76. The number of carbonyl (C=O) groups excluding carboxylic acids is 1. The van der Waals surface area contributed by atoms with Crippen molar-refractivity contribution in [1.82, 2.24) is 0 Å². The minimum atomic E-state index is -0.412. The Hall–Kier alpha value is -2.39. The molecule has 1 fully saturated rings. The third-order valence-corrected chi connectivity index (χ3v) is 7.18. The summed E-state index contributed by atoms with van der Waals surface area (Å²) >= 11 is 0. The van der Waals surface area contributed by atoms with E-state index in [1.54, 1.807) is 6.92 Å². The van der Waals surface area contributed by atoms with Crippen LogP contribution in [-0.4, -0.2) is 11.1 Å². The topological polar surface area (TPSA) is 46.5 Å². The SMILES string of the molecule is C=C(C)C(=O)OCc1cc(-c2ccc(C3CCC(CCCCC)CC3)cc2C)ccc1CO. The van der Waals surface area contributed by atoms with Crippen molar-refractivity contribution in [3.05, 3.63) is 70.8 Å². The smallest absolute Gasteiger partial charge is 0.333 e. The van der Waals surface area contributed by atoms with Gasteiger partial charge in [-0.15, -0.1) is 0 Å². The van der Waals surface area contributed by atoms with Gasteiger partial charge >= 0.3 is 5.97 Å². The summed E-state index contributed by atoms with van der Waals surface area (Å²) in [4.78, 5) is 11.8. The van der Waals surface area contributed by atoms with Crippen molar-refractivity contribution in [3.63, 3.8) is 0 Å². The van der Waals surface area contributed by atoms with E-state index in [1.807, 2.05) is 18.2 Å². The largest absolute Gasteiger partial charge is 0.457 e. The molecule has 0 unspecified atom stereocenters. The van der Waals surface area contributed by atoms with Gasteiger partial charge in [-0.25, -0.2) is 4.79 Å². The van der Waals surface area contributed by atoms with Crippen LogP contribution in [0.15, 0.2) is 48.6 Å². The maximum atomic E-state index is 11.8. The lowest BCUT2D eigenvalue weighted by Crippen LogP contribution is -2.13. The Balaban J connectivity index is 1.70. The molecule has 1 N–H and O–H groups in total. The highest BCUT2D eigenvalue weighted by atomic mass is 16.5. The van der Waals surface area contributed by atoms with Gasteiger partial charge in [-0.05, 0) is 90.8 Å². The van der Waals surface area contributed by atoms with Gasteiger partial charge in [0, 0.05) is 5.57 Å². The molecule has 2 aromatic carbocycles. The molecular formula is C30H40O3. The standard InChI is InChI=1S/C30H40O3/c1-5-6-7-8-23-9-11-24(12-10-23)25-15-16-29(22(4)17-25)26-13-14-27(19-31)28(18-26)20-33-30(32)21(2)3/h13-18,23-24,31H,2,5-12,19-20H2,1,3-4H3. The molecule has 1 aliphatic rings. The number of esters is 1. The van der Waals surface area contributed by atoms with Crippen LogP contribution in [0.2, 0.25) is 0 Å². The molecule has 0 radical (unpaired) electrons. The molecule has 0 saturated heterocycles. The average molecular weight is 449 g/mol. The highest BCUT2D eigenvalue weighted by Crippen LogP contribution is 2.39. The van der Waals surface area contributed by atoms with Crippen molar-refractivity contribution in [3.8, 4) is 11.1 Å². The maximum absolute atomic E-state index is 11.8. The van der Waals surface area contributed by atoms with Crippen molar-refractivity contribution >= 4 is 5.97 Å². The van der Waals surface area contributed by atoms with Gasteiger partial charge < -0.3 is 9.84 Å². The van der Waals surface area contributed by atoms with Gasteiger partial charge in [-0.1, -0.05) is 69.5 Å². The first-order valence-electron chi connectivity index (χ1n) is 12.6. The van der Waals surface area contributed by atoms with Gasteiger partial charge in [-0.2, -0.15) is 0 Å². The second kappa shape index (κ2) is 12.2. The van der Waals surface area contributed by atoms with Crippen LogP contribution in [0.1, 0.15) is 93.4 Å². The molecule has 0 spiro atoms. The summed E-state index contributed by atoms with van der Waals surface area (Å²) in [5, 5.41) is 9.71. The van der Waals surface area contributed by atoms with Crippen LogP contribution in [-0.2, 0) is 22.7 Å². The van der Waals surface area contributed by atoms with E-state index in [0.717, 1.165) is 22.6 Å². The molecule has 0 bridgehead atoms. The van der Waals surface area contributed by atoms with E-state index in [9.17, 15) is 9.90 Å². The Morgan fingerprint density at radius 1 is 1.06 bits per heavy atom. The Morgan fingerprint density at radius 3 is 2.45 bits per heavy atom. The van der Waals surface area contributed by atoms with E-state index in [0.29, 0.717) is 11.5 Å².